The van der Waals surface area contributed by atoms with Crippen LogP contribution < -0.4 is 5.32 Å². The normalized spacial score (nSPS) is 12.1. The third-order valence-corrected chi connectivity index (χ3v) is 5.43. The zero-order valence-corrected chi connectivity index (χ0v) is 14.5. The molecule has 3 nitrogen and oxygen atoms in total. The van der Waals surface area contributed by atoms with Crippen molar-refractivity contribution in [2.45, 2.75) is 25.3 Å². The van der Waals surface area contributed by atoms with Crippen molar-refractivity contribution < 1.29 is 8.42 Å². The molecule has 0 aliphatic heterocycles. The zero-order valence-electron chi connectivity index (χ0n) is 12.1. The Balaban J connectivity index is 2.67. The van der Waals surface area contributed by atoms with Crippen molar-refractivity contribution >= 4 is 33.2 Å². The minimum Gasteiger partial charge on any atom is -0.312 e. The van der Waals surface area contributed by atoms with Gasteiger partial charge in [0.05, 0.1) is 10.8 Å². The van der Waals surface area contributed by atoms with Crippen LogP contribution in [0.2, 0.25) is 5.02 Å². The number of halogens is 1. The first-order valence-corrected chi connectivity index (χ1v) is 10.0. The van der Waals surface area contributed by atoms with E-state index in [0.717, 1.165) is 23.5 Å². The van der Waals surface area contributed by atoms with E-state index in [1.54, 1.807) is 0 Å². The molecule has 0 spiro atoms. The Morgan fingerprint density at radius 2 is 2.05 bits per heavy atom. The van der Waals surface area contributed by atoms with Crippen LogP contribution in [-0.4, -0.2) is 32.7 Å². The van der Waals surface area contributed by atoms with Crippen LogP contribution in [0.15, 0.2) is 23.1 Å². The van der Waals surface area contributed by atoms with Gasteiger partial charge in [-0.15, -0.1) is 11.8 Å². The highest BCUT2D eigenvalue weighted by Gasteiger charge is 2.10. The van der Waals surface area contributed by atoms with Gasteiger partial charge in [-0.25, -0.2) is 8.42 Å². The van der Waals surface area contributed by atoms with Gasteiger partial charge in [-0.3, -0.25) is 0 Å². The Hall–Kier alpha value is -0.230. The van der Waals surface area contributed by atoms with Crippen molar-refractivity contribution in [3.8, 4) is 0 Å². The molecular formula is C14H22ClNO2S2. The van der Waals surface area contributed by atoms with Crippen LogP contribution >= 0.6 is 23.4 Å². The topological polar surface area (TPSA) is 46.2 Å². The standard InChI is InChI=1S/C14H22ClNO2S2/c1-11(2)9-16-10-12-5-4-6-13(15)14(12)19-7-8-20(3,17)18/h4-6,11,16H,7-10H2,1-3H3. The average Bonchev–Trinajstić information content (AvgIpc) is 2.30. The first-order chi connectivity index (χ1) is 9.29. The lowest BCUT2D eigenvalue weighted by Crippen LogP contribution is -2.19. The third kappa shape index (κ3) is 6.97. The molecule has 1 aromatic rings. The largest absolute Gasteiger partial charge is 0.312 e. The van der Waals surface area contributed by atoms with Crippen molar-refractivity contribution in [3.63, 3.8) is 0 Å². The second-order valence-electron chi connectivity index (χ2n) is 5.23. The van der Waals surface area contributed by atoms with Crippen LogP contribution in [0.5, 0.6) is 0 Å². The number of benzene rings is 1. The predicted molar refractivity (Wildman–Crippen MR) is 88.4 cm³/mol. The summed E-state index contributed by atoms with van der Waals surface area (Å²) in [7, 11) is -2.93. The minimum absolute atomic E-state index is 0.168. The molecule has 114 valence electrons. The molecule has 1 N–H and O–H groups in total. The third-order valence-electron chi connectivity index (χ3n) is 2.62. The molecule has 0 saturated carbocycles. The molecule has 0 unspecified atom stereocenters. The average molecular weight is 336 g/mol. The van der Waals surface area contributed by atoms with Gasteiger partial charge < -0.3 is 5.32 Å². The fourth-order valence-corrected chi connectivity index (χ4v) is 4.28. The molecule has 1 rings (SSSR count). The molecule has 0 amide bonds. The number of hydrogen-bond acceptors (Lipinski definition) is 4. The van der Waals surface area contributed by atoms with E-state index < -0.39 is 9.84 Å². The molecule has 0 fully saturated rings. The van der Waals surface area contributed by atoms with Crippen molar-refractivity contribution in [1.29, 1.82) is 0 Å². The van der Waals surface area contributed by atoms with E-state index in [-0.39, 0.29) is 5.75 Å². The molecule has 1 aromatic carbocycles. The van der Waals surface area contributed by atoms with Gasteiger partial charge >= 0.3 is 0 Å². The van der Waals surface area contributed by atoms with Gasteiger partial charge in [-0.2, -0.15) is 0 Å². The highest BCUT2D eigenvalue weighted by molar-refractivity contribution is 8.00. The van der Waals surface area contributed by atoms with Crippen LogP contribution in [0.4, 0.5) is 0 Å². The zero-order chi connectivity index (χ0) is 15.2. The van der Waals surface area contributed by atoms with E-state index in [9.17, 15) is 8.42 Å². The van der Waals surface area contributed by atoms with E-state index in [1.807, 2.05) is 18.2 Å². The summed E-state index contributed by atoms with van der Waals surface area (Å²) in [5.74, 6) is 1.29. The first kappa shape index (κ1) is 17.8. The van der Waals surface area contributed by atoms with E-state index in [4.69, 9.17) is 11.6 Å². The Kier molecular flexibility index (Phi) is 7.37. The predicted octanol–water partition coefficient (Wildman–Crippen LogP) is 3.22. The molecule has 0 saturated heterocycles. The van der Waals surface area contributed by atoms with Crippen LogP contribution in [0.3, 0.4) is 0 Å². The molecule has 20 heavy (non-hydrogen) atoms. The quantitative estimate of drug-likeness (QED) is 0.741. The summed E-state index contributed by atoms with van der Waals surface area (Å²) in [5.41, 5.74) is 1.12. The van der Waals surface area contributed by atoms with Gasteiger partial charge in [0.2, 0.25) is 0 Å². The smallest absolute Gasteiger partial charge is 0.148 e. The van der Waals surface area contributed by atoms with Gasteiger partial charge in [0.1, 0.15) is 9.84 Å². The molecule has 6 heteroatoms. The highest BCUT2D eigenvalue weighted by Crippen LogP contribution is 2.30. The number of hydrogen-bond donors (Lipinski definition) is 1. The van der Waals surface area contributed by atoms with E-state index in [2.05, 4.69) is 19.2 Å². The Morgan fingerprint density at radius 3 is 2.65 bits per heavy atom. The second-order valence-corrected chi connectivity index (χ2v) is 9.00. The Labute approximate surface area is 131 Å². The Bertz CT molecular complexity index is 530. The van der Waals surface area contributed by atoms with Crippen LogP contribution in [-0.2, 0) is 16.4 Å². The monoisotopic (exact) mass is 335 g/mol. The number of nitrogens with one attached hydrogen (secondary N) is 1. The van der Waals surface area contributed by atoms with E-state index >= 15 is 0 Å². The lowest BCUT2D eigenvalue weighted by molar-refractivity contribution is 0.550. The lowest BCUT2D eigenvalue weighted by atomic mass is 10.2. The van der Waals surface area contributed by atoms with E-state index in [1.165, 1.54) is 18.0 Å². The summed E-state index contributed by atoms with van der Waals surface area (Å²) in [4.78, 5) is 0.981. The molecule has 0 aromatic heterocycles. The van der Waals surface area contributed by atoms with Crippen molar-refractivity contribution in [1.82, 2.24) is 5.32 Å². The maximum absolute atomic E-state index is 11.2. The van der Waals surface area contributed by atoms with Crippen LogP contribution in [0.25, 0.3) is 0 Å². The molecule has 0 atom stereocenters. The van der Waals surface area contributed by atoms with Gasteiger partial charge in [0, 0.05) is 23.4 Å². The summed E-state index contributed by atoms with van der Waals surface area (Å²) in [5, 5.41) is 4.07. The molecule has 0 aliphatic carbocycles. The van der Waals surface area contributed by atoms with Crippen molar-refractivity contribution in [2.24, 2.45) is 5.92 Å². The number of sulfone groups is 1. The van der Waals surface area contributed by atoms with Gasteiger partial charge in [-0.05, 0) is 24.1 Å². The summed E-state index contributed by atoms with van der Waals surface area (Å²) >= 11 is 7.73. The van der Waals surface area contributed by atoms with Gasteiger partial charge in [-0.1, -0.05) is 37.6 Å². The molecule has 0 radical (unpaired) electrons. The molecule has 0 heterocycles. The van der Waals surface area contributed by atoms with Crippen molar-refractivity contribution in [3.05, 3.63) is 28.8 Å². The summed E-state index contributed by atoms with van der Waals surface area (Å²) in [6.45, 7) is 6.01. The first-order valence-electron chi connectivity index (χ1n) is 6.58. The Morgan fingerprint density at radius 1 is 1.35 bits per heavy atom. The van der Waals surface area contributed by atoms with Gasteiger partial charge in [0.25, 0.3) is 0 Å². The highest BCUT2D eigenvalue weighted by atomic mass is 35.5. The lowest BCUT2D eigenvalue weighted by Gasteiger charge is -2.13. The molecular weight excluding hydrogens is 314 g/mol. The number of rotatable bonds is 8. The van der Waals surface area contributed by atoms with E-state index in [0.29, 0.717) is 16.7 Å². The molecule has 0 bridgehead atoms. The van der Waals surface area contributed by atoms with Crippen LogP contribution in [0, 0.1) is 5.92 Å². The molecule has 0 aliphatic rings. The van der Waals surface area contributed by atoms with Crippen molar-refractivity contribution in [2.75, 3.05) is 24.3 Å². The fourth-order valence-electron chi connectivity index (χ4n) is 1.64. The summed E-state index contributed by atoms with van der Waals surface area (Å²) in [6.07, 6.45) is 1.26. The van der Waals surface area contributed by atoms with Gasteiger partial charge in [0.15, 0.2) is 0 Å². The maximum Gasteiger partial charge on any atom is 0.148 e. The van der Waals surface area contributed by atoms with Crippen LogP contribution in [0.1, 0.15) is 19.4 Å². The summed E-state index contributed by atoms with van der Waals surface area (Å²) < 4.78 is 22.4. The second kappa shape index (κ2) is 8.27. The summed E-state index contributed by atoms with van der Waals surface area (Å²) in [6, 6.07) is 5.80. The minimum atomic E-state index is -2.93. The SMILES string of the molecule is CC(C)CNCc1cccc(Cl)c1SCCS(C)(=O)=O. The fraction of sp³-hybridized carbons (Fsp3) is 0.571. The maximum atomic E-state index is 11.2. The number of thioether (sulfide) groups is 1.